The van der Waals surface area contributed by atoms with Gasteiger partial charge in [-0.1, -0.05) is 6.07 Å². The van der Waals surface area contributed by atoms with Crippen LogP contribution in [0.25, 0.3) is 6.08 Å². The molecule has 2 N–H and O–H groups in total. The Morgan fingerprint density at radius 2 is 1.95 bits per heavy atom. The molecule has 21 heavy (non-hydrogen) atoms. The van der Waals surface area contributed by atoms with Gasteiger partial charge in [0.2, 0.25) is 5.91 Å². The molecule has 2 saturated carbocycles. The van der Waals surface area contributed by atoms with Crippen molar-refractivity contribution < 1.29 is 14.7 Å². The van der Waals surface area contributed by atoms with Crippen LogP contribution >= 0.6 is 0 Å². The molecular weight excluding hydrogens is 266 g/mol. The van der Waals surface area contributed by atoms with Crippen molar-refractivity contribution in [3.8, 4) is 0 Å². The van der Waals surface area contributed by atoms with Gasteiger partial charge < -0.3 is 10.4 Å². The first-order valence-electron chi connectivity index (χ1n) is 7.35. The number of hydrogen-bond donors (Lipinski definition) is 2. The fourth-order valence-corrected chi connectivity index (χ4v) is 3.27. The molecule has 110 valence electrons. The van der Waals surface area contributed by atoms with Crippen molar-refractivity contribution in [3.05, 3.63) is 35.4 Å². The molecular formula is C17H19NO3. The minimum absolute atomic E-state index is 0.121. The summed E-state index contributed by atoms with van der Waals surface area (Å²) in [6, 6.07) is 5.54. The smallest absolute Gasteiger partial charge is 0.328 e. The highest BCUT2D eigenvalue weighted by Crippen LogP contribution is 2.54. The Labute approximate surface area is 123 Å². The van der Waals surface area contributed by atoms with Crippen LogP contribution in [0.5, 0.6) is 0 Å². The van der Waals surface area contributed by atoms with Crippen molar-refractivity contribution in [1.82, 2.24) is 0 Å². The molecule has 0 saturated heterocycles. The van der Waals surface area contributed by atoms with Crippen LogP contribution in [0.2, 0.25) is 0 Å². The van der Waals surface area contributed by atoms with E-state index in [4.69, 9.17) is 5.11 Å². The van der Waals surface area contributed by atoms with Gasteiger partial charge in [0.15, 0.2) is 0 Å². The first kappa shape index (κ1) is 13.9. The molecule has 4 nitrogen and oxygen atoms in total. The van der Waals surface area contributed by atoms with Crippen LogP contribution in [0.1, 0.15) is 30.4 Å². The molecule has 2 fully saturated rings. The number of anilines is 1. The summed E-state index contributed by atoms with van der Waals surface area (Å²) in [7, 11) is 0. The number of fused-ring (bicyclic) bond motifs is 1. The van der Waals surface area contributed by atoms with Crippen molar-refractivity contribution >= 4 is 23.6 Å². The zero-order valence-electron chi connectivity index (χ0n) is 12.0. The van der Waals surface area contributed by atoms with Gasteiger partial charge in [-0.3, -0.25) is 4.79 Å². The van der Waals surface area contributed by atoms with Crippen molar-refractivity contribution in [1.29, 1.82) is 0 Å². The van der Waals surface area contributed by atoms with E-state index in [2.05, 4.69) is 5.32 Å². The summed E-state index contributed by atoms with van der Waals surface area (Å²) in [5.41, 5.74) is 2.57. The zero-order chi connectivity index (χ0) is 15.0. The molecule has 0 heterocycles. The lowest BCUT2D eigenvalue weighted by atomic mass is 10.0. The van der Waals surface area contributed by atoms with Crippen molar-refractivity contribution in [2.45, 2.75) is 26.2 Å². The van der Waals surface area contributed by atoms with E-state index in [1.807, 2.05) is 25.1 Å². The molecule has 4 heteroatoms. The third-order valence-electron chi connectivity index (χ3n) is 4.56. The second kappa shape index (κ2) is 5.35. The largest absolute Gasteiger partial charge is 0.478 e. The maximum Gasteiger partial charge on any atom is 0.328 e. The number of carbonyl (C=O) groups is 2. The highest BCUT2D eigenvalue weighted by molar-refractivity contribution is 5.93. The summed E-state index contributed by atoms with van der Waals surface area (Å²) in [6.07, 6.45) is 6.07. The second-order valence-electron chi connectivity index (χ2n) is 6.16. The lowest BCUT2D eigenvalue weighted by molar-refractivity contribution is -0.131. The first-order valence-corrected chi connectivity index (χ1v) is 7.35. The number of rotatable bonds is 4. The molecule has 0 spiro atoms. The van der Waals surface area contributed by atoms with Crippen LogP contribution in [0.4, 0.5) is 5.69 Å². The molecule has 0 aliphatic heterocycles. The van der Waals surface area contributed by atoms with E-state index in [0.717, 1.165) is 47.6 Å². The van der Waals surface area contributed by atoms with E-state index in [1.165, 1.54) is 6.42 Å². The number of carboxylic acids is 1. The predicted octanol–water partition coefficient (Wildman–Crippen LogP) is 3.08. The highest BCUT2D eigenvalue weighted by Gasteiger charge is 2.47. The summed E-state index contributed by atoms with van der Waals surface area (Å²) >= 11 is 0. The average molecular weight is 285 g/mol. The minimum atomic E-state index is -0.966. The third kappa shape index (κ3) is 3.15. The van der Waals surface area contributed by atoms with Gasteiger partial charge >= 0.3 is 5.97 Å². The van der Waals surface area contributed by atoms with Crippen LogP contribution in [-0.4, -0.2) is 17.0 Å². The zero-order valence-corrected chi connectivity index (χ0v) is 12.0. The fourth-order valence-electron chi connectivity index (χ4n) is 3.27. The Kier molecular flexibility index (Phi) is 3.53. The number of benzene rings is 1. The van der Waals surface area contributed by atoms with Gasteiger partial charge in [-0.25, -0.2) is 4.79 Å². The van der Waals surface area contributed by atoms with E-state index < -0.39 is 5.97 Å². The standard InChI is InChI=1S/C17H19NO3/c1-10-6-15(4-2-11(10)3-5-16(19)20)18-17(21)14-8-12-7-13(12)9-14/h2-6,12-14H,7-9H2,1H3,(H,18,21)(H,19,20)/b5-3+. The van der Waals surface area contributed by atoms with E-state index in [-0.39, 0.29) is 11.8 Å². The summed E-state index contributed by atoms with van der Waals surface area (Å²) in [5.74, 6) is 0.916. The Hall–Kier alpha value is -2.10. The normalized spacial score (nSPS) is 26.6. The summed E-state index contributed by atoms with van der Waals surface area (Å²) in [5, 5.41) is 11.6. The lowest BCUT2D eigenvalue weighted by Crippen LogP contribution is -2.21. The number of carboxylic acid groups (broad SMARTS) is 1. The lowest BCUT2D eigenvalue weighted by Gasteiger charge is -2.13. The van der Waals surface area contributed by atoms with Gasteiger partial charge in [-0.2, -0.15) is 0 Å². The maximum absolute atomic E-state index is 12.2. The fraction of sp³-hybridized carbons (Fsp3) is 0.412. The van der Waals surface area contributed by atoms with Crippen LogP contribution in [0.3, 0.4) is 0 Å². The Morgan fingerprint density at radius 3 is 2.57 bits per heavy atom. The number of aliphatic carboxylic acids is 1. The van der Waals surface area contributed by atoms with Gasteiger partial charge in [0.25, 0.3) is 0 Å². The monoisotopic (exact) mass is 285 g/mol. The number of aryl methyl sites for hydroxylation is 1. The molecule has 0 bridgehead atoms. The van der Waals surface area contributed by atoms with Gasteiger partial charge in [0.1, 0.15) is 0 Å². The number of nitrogens with one attached hydrogen (secondary N) is 1. The quantitative estimate of drug-likeness (QED) is 0.835. The maximum atomic E-state index is 12.2. The van der Waals surface area contributed by atoms with E-state index in [9.17, 15) is 9.59 Å². The van der Waals surface area contributed by atoms with Gasteiger partial charge in [0, 0.05) is 17.7 Å². The average Bonchev–Trinajstić information content (AvgIpc) is 3.04. The topological polar surface area (TPSA) is 66.4 Å². The Balaban J connectivity index is 1.64. The molecule has 2 atom stereocenters. The minimum Gasteiger partial charge on any atom is -0.478 e. The Bertz CT molecular complexity index is 610. The van der Waals surface area contributed by atoms with Gasteiger partial charge in [0.05, 0.1) is 0 Å². The number of hydrogen-bond acceptors (Lipinski definition) is 2. The van der Waals surface area contributed by atoms with E-state index in [1.54, 1.807) is 6.08 Å². The van der Waals surface area contributed by atoms with Crippen molar-refractivity contribution in [2.24, 2.45) is 17.8 Å². The van der Waals surface area contributed by atoms with E-state index >= 15 is 0 Å². The summed E-state index contributed by atoms with van der Waals surface area (Å²) in [6.45, 7) is 1.90. The highest BCUT2D eigenvalue weighted by atomic mass is 16.4. The van der Waals surface area contributed by atoms with Crippen molar-refractivity contribution in [2.75, 3.05) is 5.32 Å². The predicted molar refractivity (Wildman–Crippen MR) is 80.8 cm³/mol. The molecule has 1 aromatic carbocycles. The molecule has 2 unspecified atom stereocenters. The summed E-state index contributed by atoms with van der Waals surface area (Å²) in [4.78, 5) is 22.7. The van der Waals surface area contributed by atoms with Gasteiger partial charge in [-0.15, -0.1) is 0 Å². The Morgan fingerprint density at radius 1 is 1.24 bits per heavy atom. The molecule has 2 aliphatic carbocycles. The van der Waals surface area contributed by atoms with Crippen LogP contribution in [0.15, 0.2) is 24.3 Å². The molecule has 1 aromatic rings. The van der Waals surface area contributed by atoms with Crippen LogP contribution in [-0.2, 0) is 9.59 Å². The number of amides is 1. The van der Waals surface area contributed by atoms with Gasteiger partial charge in [-0.05, 0) is 67.4 Å². The number of carbonyl (C=O) groups excluding carboxylic acids is 1. The molecule has 1 amide bonds. The third-order valence-corrected chi connectivity index (χ3v) is 4.56. The first-order chi connectivity index (χ1) is 10.0. The molecule has 0 aromatic heterocycles. The van der Waals surface area contributed by atoms with Crippen molar-refractivity contribution in [3.63, 3.8) is 0 Å². The molecule has 2 aliphatic rings. The second-order valence-corrected chi connectivity index (χ2v) is 6.16. The van der Waals surface area contributed by atoms with Crippen LogP contribution < -0.4 is 5.32 Å². The summed E-state index contributed by atoms with van der Waals surface area (Å²) < 4.78 is 0. The SMILES string of the molecule is Cc1cc(NC(=O)C2CC3CC3C2)ccc1/C=C/C(=O)O. The van der Waals surface area contributed by atoms with Crippen LogP contribution in [0, 0.1) is 24.7 Å². The molecule has 0 radical (unpaired) electrons. The van der Waals surface area contributed by atoms with E-state index in [0.29, 0.717) is 0 Å². The molecule has 3 rings (SSSR count).